The van der Waals surface area contributed by atoms with Gasteiger partial charge >= 0.3 is 5.97 Å². The van der Waals surface area contributed by atoms with E-state index >= 15 is 0 Å². The normalized spacial score (nSPS) is 28.7. The molecule has 2 aliphatic rings. The van der Waals surface area contributed by atoms with Crippen molar-refractivity contribution in [1.82, 2.24) is 0 Å². The van der Waals surface area contributed by atoms with E-state index in [4.69, 9.17) is 14.2 Å². The van der Waals surface area contributed by atoms with Crippen molar-refractivity contribution in [2.24, 2.45) is 11.8 Å². The fourth-order valence-electron chi connectivity index (χ4n) is 4.02. The fraction of sp³-hybridized carbons (Fsp3) is 0.682. The van der Waals surface area contributed by atoms with E-state index in [-0.39, 0.29) is 11.7 Å². The van der Waals surface area contributed by atoms with Crippen molar-refractivity contribution in [2.75, 3.05) is 13.2 Å². The van der Waals surface area contributed by atoms with Crippen molar-refractivity contribution in [3.05, 3.63) is 35.1 Å². The third kappa shape index (κ3) is 5.29. The second-order valence-corrected chi connectivity index (χ2v) is 7.85. The van der Waals surface area contributed by atoms with Crippen LogP contribution in [0.4, 0.5) is 4.39 Å². The van der Waals surface area contributed by atoms with Crippen LogP contribution in [0.2, 0.25) is 0 Å². The van der Waals surface area contributed by atoms with E-state index in [1.807, 2.05) is 0 Å². The monoisotopic (exact) mass is 378 g/mol. The van der Waals surface area contributed by atoms with Crippen LogP contribution in [-0.2, 0) is 14.2 Å². The summed E-state index contributed by atoms with van der Waals surface area (Å²) in [5, 5.41) is 0. The third-order valence-corrected chi connectivity index (χ3v) is 5.80. The maximum Gasteiger partial charge on any atom is 0.338 e. The summed E-state index contributed by atoms with van der Waals surface area (Å²) in [6.07, 6.45) is 6.52. The average molecular weight is 378 g/mol. The number of esters is 1. The summed E-state index contributed by atoms with van der Waals surface area (Å²) < 4.78 is 31.5. The Labute approximate surface area is 161 Å². The van der Waals surface area contributed by atoms with Gasteiger partial charge in [-0.15, -0.1) is 0 Å². The highest BCUT2D eigenvalue weighted by atomic mass is 19.1. The Morgan fingerprint density at radius 3 is 2.41 bits per heavy atom. The van der Waals surface area contributed by atoms with Gasteiger partial charge in [-0.2, -0.15) is 0 Å². The van der Waals surface area contributed by atoms with E-state index in [9.17, 15) is 9.18 Å². The molecule has 1 aliphatic heterocycles. The lowest BCUT2D eigenvalue weighted by atomic mass is 9.86. The lowest BCUT2D eigenvalue weighted by molar-refractivity contribution is -0.207. The molecule has 1 saturated heterocycles. The summed E-state index contributed by atoms with van der Waals surface area (Å²) in [5.41, 5.74) is 0.582. The van der Waals surface area contributed by atoms with Crippen molar-refractivity contribution in [3.63, 3.8) is 0 Å². The second kappa shape index (κ2) is 9.65. The molecule has 27 heavy (non-hydrogen) atoms. The summed E-state index contributed by atoms with van der Waals surface area (Å²) in [5.74, 6) is 0.169. The smallest absolute Gasteiger partial charge is 0.338 e. The minimum Gasteiger partial charge on any atom is -0.459 e. The molecular weight excluding hydrogens is 347 g/mol. The zero-order valence-electron chi connectivity index (χ0n) is 16.4. The van der Waals surface area contributed by atoms with E-state index in [2.05, 4.69) is 13.8 Å². The van der Waals surface area contributed by atoms with Gasteiger partial charge < -0.3 is 14.2 Å². The molecule has 1 aromatic rings. The molecular formula is C22H31FO4. The number of carbonyl (C=O) groups is 1. The Hall–Kier alpha value is -1.46. The first-order valence-corrected chi connectivity index (χ1v) is 10.3. The van der Waals surface area contributed by atoms with Gasteiger partial charge in [0.15, 0.2) is 6.29 Å². The summed E-state index contributed by atoms with van der Waals surface area (Å²) >= 11 is 0. The quantitative estimate of drug-likeness (QED) is 0.621. The number of hydrogen-bond donors (Lipinski definition) is 0. The summed E-state index contributed by atoms with van der Waals surface area (Å²) in [6, 6.07) is 4.41. The lowest BCUT2D eigenvalue weighted by Crippen LogP contribution is -2.27. The second-order valence-electron chi connectivity index (χ2n) is 7.85. The predicted molar refractivity (Wildman–Crippen MR) is 101 cm³/mol. The summed E-state index contributed by atoms with van der Waals surface area (Å²) in [4.78, 5) is 12.4. The molecule has 0 bridgehead atoms. The highest BCUT2D eigenvalue weighted by Gasteiger charge is 2.27. The van der Waals surface area contributed by atoms with Gasteiger partial charge in [0.25, 0.3) is 0 Å². The van der Waals surface area contributed by atoms with Gasteiger partial charge in [-0.1, -0.05) is 32.8 Å². The Morgan fingerprint density at radius 1 is 1.11 bits per heavy atom. The molecule has 1 aliphatic carbocycles. The molecule has 4 nitrogen and oxygen atoms in total. The Bertz CT molecular complexity index is 617. The topological polar surface area (TPSA) is 44.8 Å². The first kappa shape index (κ1) is 20.3. The largest absolute Gasteiger partial charge is 0.459 e. The van der Waals surface area contributed by atoms with Crippen LogP contribution in [0, 0.1) is 17.7 Å². The van der Waals surface area contributed by atoms with E-state index in [1.165, 1.54) is 12.5 Å². The fourth-order valence-corrected chi connectivity index (χ4v) is 4.02. The van der Waals surface area contributed by atoms with Gasteiger partial charge in [0.05, 0.1) is 18.8 Å². The SMILES string of the molecule is CCCC1COC(c2ccc(C(=O)O[C@H]3CC[C@H](CC)CC3)cc2F)OC1. The standard InChI is InChI=1S/C22H31FO4/c1-3-5-16-13-25-22(26-14-16)19-11-8-17(12-20(19)23)21(24)27-18-9-6-15(4-2)7-10-18/h8,11-12,15-16,18,22H,3-7,9-10,13-14H2,1-2H3/t15-,16?,18-,22?. The maximum absolute atomic E-state index is 14.5. The zero-order chi connectivity index (χ0) is 19.2. The van der Waals surface area contributed by atoms with E-state index in [0.29, 0.717) is 24.7 Å². The molecule has 5 heteroatoms. The highest BCUT2D eigenvalue weighted by Crippen LogP contribution is 2.31. The summed E-state index contributed by atoms with van der Waals surface area (Å²) in [7, 11) is 0. The number of hydrogen-bond acceptors (Lipinski definition) is 4. The van der Waals surface area contributed by atoms with Crippen molar-refractivity contribution in [3.8, 4) is 0 Å². The molecule has 2 fully saturated rings. The molecule has 0 radical (unpaired) electrons. The maximum atomic E-state index is 14.5. The number of rotatable bonds is 6. The number of benzene rings is 1. The van der Waals surface area contributed by atoms with Crippen LogP contribution in [0.25, 0.3) is 0 Å². The van der Waals surface area contributed by atoms with E-state index in [0.717, 1.165) is 44.4 Å². The lowest BCUT2D eigenvalue weighted by Gasteiger charge is -2.29. The molecule has 150 valence electrons. The van der Waals surface area contributed by atoms with Crippen LogP contribution in [0.15, 0.2) is 18.2 Å². The van der Waals surface area contributed by atoms with Gasteiger partial charge in [-0.3, -0.25) is 0 Å². The highest BCUT2D eigenvalue weighted by molar-refractivity contribution is 5.89. The van der Waals surface area contributed by atoms with Crippen LogP contribution < -0.4 is 0 Å². The minimum atomic E-state index is -0.701. The number of ether oxygens (including phenoxy) is 3. The van der Waals surface area contributed by atoms with Gasteiger partial charge in [0.2, 0.25) is 0 Å². The van der Waals surface area contributed by atoms with Crippen LogP contribution in [0.3, 0.4) is 0 Å². The molecule has 0 unspecified atom stereocenters. The van der Waals surface area contributed by atoms with Crippen molar-refractivity contribution in [2.45, 2.75) is 71.2 Å². The minimum absolute atomic E-state index is 0.0523. The molecule has 0 spiro atoms. The molecule has 1 saturated carbocycles. The molecule has 3 rings (SSSR count). The predicted octanol–water partition coefficient (Wildman–Crippen LogP) is 5.41. The van der Waals surface area contributed by atoms with Crippen LogP contribution in [0.5, 0.6) is 0 Å². The van der Waals surface area contributed by atoms with Gasteiger partial charge in [-0.05, 0) is 50.2 Å². The summed E-state index contributed by atoms with van der Waals surface area (Å²) in [6.45, 7) is 5.47. The first-order valence-electron chi connectivity index (χ1n) is 10.3. The Balaban J connectivity index is 1.56. The van der Waals surface area contributed by atoms with Crippen LogP contribution in [0.1, 0.15) is 81.0 Å². The van der Waals surface area contributed by atoms with Crippen LogP contribution in [-0.4, -0.2) is 25.3 Å². The molecule has 1 aromatic carbocycles. The van der Waals surface area contributed by atoms with E-state index in [1.54, 1.807) is 12.1 Å². The van der Waals surface area contributed by atoms with Crippen molar-refractivity contribution >= 4 is 5.97 Å². The Morgan fingerprint density at radius 2 is 1.81 bits per heavy atom. The number of carbonyl (C=O) groups excluding carboxylic acids is 1. The van der Waals surface area contributed by atoms with Crippen molar-refractivity contribution in [1.29, 1.82) is 0 Å². The molecule has 0 amide bonds. The first-order chi connectivity index (χ1) is 13.1. The zero-order valence-corrected chi connectivity index (χ0v) is 16.4. The molecule has 0 atom stereocenters. The van der Waals surface area contributed by atoms with Gasteiger partial charge in [-0.25, -0.2) is 9.18 Å². The van der Waals surface area contributed by atoms with Gasteiger partial charge in [0, 0.05) is 11.5 Å². The molecule has 0 aromatic heterocycles. The molecule has 1 heterocycles. The van der Waals surface area contributed by atoms with Gasteiger partial charge in [0.1, 0.15) is 11.9 Å². The average Bonchev–Trinajstić information content (AvgIpc) is 2.69. The van der Waals surface area contributed by atoms with Crippen molar-refractivity contribution < 1.29 is 23.4 Å². The molecule has 0 N–H and O–H groups in total. The third-order valence-electron chi connectivity index (χ3n) is 5.80. The van der Waals surface area contributed by atoms with Crippen LogP contribution >= 0.6 is 0 Å². The Kier molecular flexibility index (Phi) is 7.25. The number of halogens is 1. The van der Waals surface area contributed by atoms with E-state index < -0.39 is 18.1 Å².